The maximum atomic E-state index is 12.6. The van der Waals surface area contributed by atoms with Crippen LogP contribution in [0.2, 0.25) is 0 Å². The third-order valence-electron chi connectivity index (χ3n) is 4.27. The third-order valence-corrected chi connectivity index (χ3v) is 4.27. The van der Waals surface area contributed by atoms with Gasteiger partial charge in [0.2, 0.25) is 5.54 Å². The molecule has 0 aliphatic carbocycles. The molecule has 1 spiro atoms. The van der Waals surface area contributed by atoms with Crippen LogP contribution in [0.25, 0.3) is 0 Å². The fraction of sp³-hybridized carbons (Fsp3) is 0.438. The Hall–Kier alpha value is -2.37. The Morgan fingerprint density at radius 1 is 1.14 bits per heavy atom. The minimum Gasteiger partial charge on any atom is -0.323 e. The minimum absolute atomic E-state index is 0.357. The minimum atomic E-state index is -1.56. The van der Waals surface area contributed by atoms with Gasteiger partial charge < -0.3 is 5.32 Å². The number of rotatable bonds is 3. The number of fused-ring (bicyclic) bond motifs is 2. The van der Waals surface area contributed by atoms with Crippen LogP contribution in [0.4, 0.5) is 10.5 Å². The lowest BCUT2D eigenvalue weighted by Gasteiger charge is -2.30. The number of urea groups is 1. The van der Waals surface area contributed by atoms with Gasteiger partial charge >= 0.3 is 6.03 Å². The number of hydrogen-bond donors (Lipinski definition) is 2. The van der Waals surface area contributed by atoms with E-state index in [4.69, 9.17) is 0 Å². The molecular weight excluding hydrogens is 282 g/mol. The van der Waals surface area contributed by atoms with Crippen molar-refractivity contribution in [1.82, 2.24) is 10.2 Å². The van der Waals surface area contributed by atoms with Gasteiger partial charge in [0.05, 0.1) is 0 Å². The highest BCUT2D eigenvalue weighted by molar-refractivity contribution is 6.26. The molecule has 2 N–H and O–H groups in total. The molecule has 1 fully saturated rings. The zero-order chi connectivity index (χ0) is 16.1. The standard InChI is InChI=1S/C16H19N3O3/c1-9(2)6-7-19-15(22)18-14(21)16(19)11-8-10(3)4-5-12(11)17-13(16)20/h4-5,8-9H,6-7H2,1-3H3,(H,17,20)(H,18,21,22)/t16-/m1/s1. The first kappa shape index (κ1) is 14.6. The first-order valence-corrected chi connectivity index (χ1v) is 7.43. The highest BCUT2D eigenvalue weighted by Crippen LogP contribution is 2.43. The van der Waals surface area contributed by atoms with Gasteiger partial charge in [-0.2, -0.15) is 0 Å². The van der Waals surface area contributed by atoms with Crippen LogP contribution in [-0.2, 0) is 15.1 Å². The molecule has 1 saturated heterocycles. The SMILES string of the molecule is Cc1ccc2c(c1)[C@]1(C(=O)NC(=O)N1CCC(C)C)C(=O)N2. The van der Waals surface area contributed by atoms with Crippen LogP contribution in [-0.4, -0.2) is 29.3 Å². The quantitative estimate of drug-likeness (QED) is 0.659. The first-order chi connectivity index (χ1) is 10.4. The zero-order valence-corrected chi connectivity index (χ0v) is 12.9. The summed E-state index contributed by atoms with van der Waals surface area (Å²) in [7, 11) is 0. The van der Waals surface area contributed by atoms with E-state index in [1.54, 1.807) is 12.1 Å². The molecule has 2 aliphatic heterocycles. The molecule has 22 heavy (non-hydrogen) atoms. The fourth-order valence-corrected chi connectivity index (χ4v) is 3.08. The molecule has 1 aromatic carbocycles. The molecule has 3 rings (SSSR count). The van der Waals surface area contributed by atoms with Crippen molar-refractivity contribution in [2.24, 2.45) is 5.92 Å². The molecule has 6 heteroatoms. The second-order valence-corrected chi connectivity index (χ2v) is 6.31. The van der Waals surface area contributed by atoms with Gasteiger partial charge in [-0.25, -0.2) is 4.79 Å². The van der Waals surface area contributed by atoms with Crippen LogP contribution < -0.4 is 10.6 Å². The van der Waals surface area contributed by atoms with Crippen LogP contribution in [0, 0.1) is 12.8 Å². The number of aryl methyl sites for hydroxylation is 1. The van der Waals surface area contributed by atoms with Crippen molar-refractivity contribution in [3.8, 4) is 0 Å². The van der Waals surface area contributed by atoms with E-state index in [0.717, 1.165) is 12.0 Å². The number of carbonyl (C=O) groups excluding carboxylic acids is 3. The number of imide groups is 1. The van der Waals surface area contributed by atoms with E-state index in [1.807, 2.05) is 26.8 Å². The second-order valence-electron chi connectivity index (χ2n) is 6.31. The molecule has 0 aromatic heterocycles. The molecular formula is C16H19N3O3. The fourth-order valence-electron chi connectivity index (χ4n) is 3.08. The van der Waals surface area contributed by atoms with Crippen molar-refractivity contribution in [3.63, 3.8) is 0 Å². The lowest BCUT2D eigenvalue weighted by Crippen LogP contribution is -2.52. The molecule has 4 amide bonds. The number of hydrogen-bond acceptors (Lipinski definition) is 3. The number of amides is 4. The van der Waals surface area contributed by atoms with Crippen molar-refractivity contribution >= 4 is 23.5 Å². The van der Waals surface area contributed by atoms with E-state index < -0.39 is 23.4 Å². The van der Waals surface area contributed by atoms with Gasteiger partial charge in [-0.05, 0) is 25.3 Å². The van der Waals surface area contributed by atoms with Gasteiger partial charge in [0.1, 0.15) is 0 Å². The molecule has 2 aliphatic rings. The van der Waals surface area contributed by atoms with Crippen LogP contribution in [0.15, 0.2) is 18.2 Å². The van der Waals surface area contributed by atoms with Crippen molar-refractivity contribution in [2.45, 2.75) is 32.7 Å². The molecule has 116 valence electrons. The van der Waals surface area contributed by atoms with Crippen molar-refractivity contribution in [1.29, 1.82) is 0 Å². The topological polar surface area (TPSA) is 78.5 Å². The lowest BCUT2D eigenvalue weighted by atomic mass is 9.88. The molecule has 1 aromatic rings. The molecule has 0 radical (unpaired) electrons. The van der Waals surface area contributed by atoms with E-state index in [1.165, 1.54) is 4.90 Å². The average molecular weight is 301 g/mol. The summed E-state index contributed by atoms with van der Waals surface area (Å²) in [6.45, 7) is 6.32. The van der Waals surface area contributed by atoms with Crippen LogP contribution >= 0.6 is 0 Å². The van der Waals surface area contributed by atoms with Gasteiger partial charge in [0, 0.05) is 17.8 Å². The third kappa shape index (κ3) is 1.83. The lowest BCUT2D eigenvalue weighted by molar-refractivity contribution is -0.137. The largest absolute Gasteiger partial charge is 0.325 e. The normalized spacial score (nSPS) is 23.3. The predicted molar refractivity (Wildman–Crippen MR) is 81.2 cm³/mol. The maximum absolute atomic E-state index is 12.6. The van der Waals surface area contributed by atoms with E-state index in [9.17, 15) is 14.4 Å². The van der Waals surface area contributed by atoms with E-state index in [0.29, 0.717) is 23.7 Å². The summed E-state index contributed by atoms with van der Waals surface area (Å²) in [6.07, 6.45) is 0.719. The van der Waals surface area contributed by atoms with Gasteiger partial charge in [0.25, 0.3) is 11.8 Å². The monoisotopic (exact) mass is 301 g/mol. The Bertz CT molecular complexity index is 683. The summed E-state index contributed by atoms with van der Waals surface area (Å²) in [5.41, 5.74) is 0.526. The summed E-state index contributed by atoms with van der Waals surface area (Å²) < 4.78 is 0. The van der Waals surface area contributed by atoms with Gasteiger partial charge in [-0.15, -0.1) is 0 Å². The second kappa shape index (κ2) is 4.83. The van der Waals surface area contributed by atoms with E-state index >= 15 is 0 Å². The molecule has 0 bridgehead atoms. The summed E-state index contributed by atoms with van der Waals surface area (Å²) >= 11 is 0. The number of nitrogens with zero attached hydrogens (tertiary/aromatic N) is 1. The van der Waals surface area contributed by atoms with E-state index in [2.05, 4.69) is 10.6 Å². The Balaban J connectivity index is 2.13. The first-order valence-electron chi connectivity index (χ1n) is 7.43. The maximum Gasteiger partial charge on any atom is 0.325 e. The molecule has 2 heterocycles. The van der Waals surface area contributed by atoms with Crippen molar-refractivity contribution in [3.05, 3.63) is 29.3 Å². The van der Waals surface area contributed by atoms with Gasteiger partial charge in [0.15, 0.2) is 0 Å². The van der Waals surface area contributed by atoms with Gasteiger partial charge in [-0.1, -0.05) is 31.5 Å². The molecule has 0 unspecified atom stereocenters. The number of anilines is 1. The summed E-state index contributed by atoms with van der Waals surface area (Å²) in [6, 6.07) is 4.93. The van der Waals surface area contributed by atoms with Crippen LogP contribution in [0.5, 0.6) is 0 Å². The molecule has 6 nitrogen and oxygen atoms in total. The van der Waals surface area contributed by atoms with Crippen molar-refractivity contribution in [2.75, 3.05) is 11.9 Å². The number of carbonyl (C=O) groups is 3. The highest BCUT2D eigenvalue weighted by Gasteiger charge is 2.63. The summed E-state index contributed by atoms with van der Waals surface area (Å²) in [5.74, 6) is -0.662. The molecule has 0 saturated carbocycles. The van der Waals surface area contributed by atoms with Gasteiger partial charge in [-0.3, -0.25) is 19.8 Å². The predicted octanol–water partition coefficient (Wildman–Crippen LogP) is 1.74. The zero-order valence-electron chi connectivity index (χ0n) is 12.9. The Morgan fingerprint density at radius 2 is 1.82 bits per heavy atom. The Morgan fingerprint density at radius 3 is 2.50 bits per heavy atom. The number of benzene rings is 1. The van der Waals surface area contributed by atoms with E-state index in [-0.39, 0.29) is 0 Å². The highest BCUT2D eigenvalue weighted by atomic mass is 16.2. The van der Waals surface area contributed by atoms with Crippen LogP contribution in [0.3, 0.4) is 0 Å². The van der Waals surface area contributed by atoms with Crippen LogP contribution in [0.1, 0.15) is 31.4 Å². The number of nitrogens with one attached hydrogen (secondary N) is 2. The summed E-state index contributed by atoms with van der Waals surface area (Å²) in [4.78, 5) is 38.7. The Labute approximate surface area is 128 Å². The summed E-state index contributed by atoms with van der Waals surface area (Å²) in [5, 5.41) is 5.03. The smallest absolute Gasteiger partial charge is 0.323 e. The van der Waals surface area contributed by atoms with Crippen molar-refractivity contribution < 1.29 is 14.4 Å². The average Bonchev–Trinajstić information content (AvgIpc) is 2.85. The molecule has 1 atom stereocenters. The Kier molecular flexibility index (Phi) is 3.20.